The summed E-state index contributed by atoms with van der Waals surface area (Å²) in [6, 6.07) is 3.09. The molecule has 2 aromatic rings. The van der Waals surface area contributed by atoms with Gasteiger partial charge in [-0.25, -0.2) is 8.42 Å². The quantitative estimate of drug-likeness (QED) is 0.897. The lowest BCUT2D eigenvalue weighted by molar-refractivity contribution is 0.600. The van der Waals surface area contributed by atoms with Crippen LogP contribution in [0.15, 0.2) is 23.2 Å². The van der Waals surface area contributed by atoms with Crippen LogP contribution in [0.1, 0.15) is 16.8 Å². The van der Waals surface area contributed by atoms with Crippen LogP contribution in [0.5, 0.6) is 0 Å². The van der Waals surface area contributed by atoms with Gasteiger partial charge < -0.3 is 5.73 Å². The molecule has 0 unspecified atom stereocenters. The van der Waals surface area contributed by atoms with Crippen molar-refractivity contribution in [2.24, 2.45) is 12.8 Å². The van der Waals surface area contributed by atoms with E-state index in [0.717, 1.165) is 0 Å². The zero-order valence-electron chi connectivity index (χ0n) is 12.0. The second-order valence-electron chi connectivity index (χ2n) is 4.80. The van der Waals surface area contributed by atoms with Crippen molar-refractivity contribution in [3.63, 3.8) is 0 Å². The third kappa shape index (κ3) is 3.20. The summed E-state index contributed by atoms with van der Waals surface area (Å²) in [6.07, 6.45) is 1.61. The maximum atomic E-state index is 12.6. The standard InChI is InChI=1S/C13H17ClN4O2S/c1-8-10(6-15)4-11(14)5-13(8)21(19,20)17-12-7-18(3)16-9(12)2/h4-5,7,17H,6,15H2,1-3H3. The van der Waals surface area contributed by atoms with Crippen LogP contribution in [0, 0.1) is 13.8 Å². The SMILES string of the molecule is Cc1nn(C)cc1NS(=O)(=O)c1cc(Cl)cc(CN)c1C. The number of nitrogens with one attached hydrogen (secondary N) is 1. The van der Waals surface area contributed by atoms with Crippen molar-refractivity contribution in [3.05, 3.63) is 40.2 Å². The first-order valence-corrected chi connectivity index (χ1v) is 8.13. The summed E-state index contributed by atoms with van der Waals surface area (Å²) in [5.41, 5.74) is 7.95. The average molecular weight is 329 g/mol. The minimum atomic E-state index is -3.75. The van der Waals surface area contributed by atoms with E-state index in [0.29, 0.717) is 27.5 Å². The smallest absolute Gasteiger partial charge is 0.262 e. The molecule has 1 heterocycles. The molecule has 0 amide bonds. The topological polar surface area (TPSA) is 90.0 Å². The highest BCUT2D eigenvalue weighted by atomic mass is 35.5. The Morgan fingerprint density at radius 1 is 1.38 bits per heavy atom. The largest absolute Gasteiger partial charge is 0.326 e. The normalized spacial score (nSPS) is 11.7. The van der Waals surface area contributed by atoms with E-state index in [-0.39, 0.29) is 11.4 Å². The molecule has 0 saturated heterocycles. The molecule has 3 N–H and O–H groups in total. The van der Waals surface area contributed by atoms with Gasteiger partial charge in [-0.05, 0) is 37.1 Å². The van der Waals surface area contributed by atoms with E-state index in [1.54, 1.807) is 37.8 Å². The summed E-state index contributed by atoms with van der Waals surface area (Å²) >= 11 is 5.98. The summed E-state index contributed by atoms with van der Waals surface area (Å²) in [5.74, 6) is 0. The lowest BCUT2D eigenvalue weighted by Crippen LogP contribution is -2.16. The predicted octanol–water partition coefficient (Wildman–Crippen LogP) is 1.95. The van der Waals surface area contributed by atoms with Crippen molar-refractivity contribution in [2.75, 3.05) is 4.72 Å². The molecular weight excluding hydrogens is 312 g/mol. The third-order valence-electron chi connectivity index (χ3n) is 3.20. The molecule has 0 atom stereocenters. The van der Waals surface area contributed by atoms with Crippen LogP contribution < -0.4 is 10.5 Å². The maximum absolute atomic E-state index is 12.6. The van der Waals surface area contributed by atoms with E-state index in [1.165, 1.54) is 6.07 Å². The van der Waals surface area contributed by atoms with Gasteiger partial charge in [-0.3, -0.25) is 9.40 Å². The first-order chi connectivity index (χ1) is 9.74. The highest BCUT2D eigenvalue weighted by Gasteiger charge is 2.21. The Morgan fingerprint density at radius 3 is 2.57 bits per heavy atom. The third-order valence-corrected chi connectivity index (χ3v) is 4.91. The number of sulfonamides is 1. The molecule has 0 aliphatic rings. The lowest BCUT2D eigenvalue weighted by Gasteiger charge is -2.13. The fourth-order valence-electron chi connectivity index (χ4n) is 2.10. The number of hydrogen-bond acceptors (Lipinski definition) is 4. The van der Waals surface area contributed by atoms with Crippen LogP contribution >= 0.6 is 11.6 Å². The van der Waals surface area contributed by atoms with Gasteiger partial charge in [0.1, 0.15) is 0 Å². The van der Waals surface area contributed by atoms with Crippen LogP contribution in [0.25, 0.3) is 0 Å². The molecule has 114 valence electrons. The molecule has 8 heteroatoms. The molecule has 0 spiro atoms. The number of halogens is 1. The van der Waals surface area contributed by atoms with Crippen LogP contribution in [-0.4, -0.2) is 18.2 Å². The molecule has 21 heavy (non-hydrogen) atoms. The minimum absolute atomic E-state index is 0.124. The molecule has 0 saturated carbocycles. The molecule has 1 aromatic heterocycles. The monoisotopic (exact) mass is 328 g/mol. The van der Waals surface area contributed by atoms with E-state index in [1.807, 2.05) is 0 Å². The van der Waals surface area contributed by atoms with E-state index in [2.05, 4.69) is 9.82 Å². The van der Waals surface area contributed by atoms with E-state index >= 15 is 0 Å². The maximum Gasteiger partial charge on any atom is 0.262 e. The molecule has 0 bridgehead atoms. The highest BCUT2D eigenvalue weighted by molar-refractivity contribution is 7.92. The average Bonchev–Trinajstić information content (AvgIpc) is 2.69. The van der Waals surface area contributed by atoms with Gasteiger partial charge in [-0.1, -0.05) is 11.6 Å². The Balaban J connectivity index is 2.49. The van der Waals surface area contributed by atoms with Crippen molar-refractivity contribution < 1.29 is 8.42 Å². The summed E-state index contributed by atoms with van der Waals surface area (Å²) in [4.78, 5) is 0.124. The fourth-order valence-corrected chi connectivity index (χ4v) is 3.82. The highest BCUT2D eigenvalue weighted by Crippen LogP contribution is 2.26. The summed E-state index contributed by atoms with van der Waals surface area (Å²) in [6.45, 7) is 3.66. The molecule has 6 nitrogen and oxygen atoms in total. The van der Waals surface area contributed by atoms with Gasteiger partial charge in [-0.2, -0.15) is 5.10 Å². The number of hydrogen-bond donors (Lipinski definition) is 2. The van der Waals surface area contributed by atoms with Crippen LogP contribution in [0.4, 0.5) is 5.69 Å². The number of anilines is 1. The molecule has 2 rings (SSSR count). The zero-order chi connectivity index (χ0) is 15.8. The van der Waals surface area contributed by atoms with Crippen molar-refractivity contribution in [1.29, 1.82) is 0 Å². The van der Waals surface area contributed by atoms with Crippen molar-refractivity contribution in [2.45, 2.75) is 25.3 Å². The number of benzene rings is 1. The van der Waals surface area contributed by atoms with E-state index in [4.69, 9.17) is 17.3 Å². The number of aryl methyl sites for hydroxylation is 2. The molecule has 1 aromatic carbocycles. The van der Waals surface area contributed by atoms with E-state index < -0.39 is 10.0 Å². The Bertz CT molecular complexity index is 784. The molecule has 0 fully saturated rings. The van der Waals surface area contributed by atoms with Gasteiger partial charge in [0, 0.05) is 24.8 Å². The second kappa shape index (κ2) is 5.67. The van der Waals surface area contributed by atoms with Gasteiger partial charge in [0.05, 0.1) is 16.3 Å². The summed E-state index contributed by atoms with van der Waals surface area (Å²) in [7, 11) is -2.03. The lowest BCUT2D eigenvalue weighted by atomic mass is 10.1. The predicted molar refractivity (Wildman–Crippen MR) is 82.8 cm³/mol. The van der Waals surface area contributed by atoms with E-state index in [9.17, 15) is 8.42 Å². The van der Waals surface area contributed by atoms with Crippen molar-refractivity contribution in [1.82, 2.24) is 9.78 Å². The molecular formula is C13H17ClN4O2S. The first-order valence-electron chi connectivity index (χ1n) is 6.26. The van der Waals surface area contributed by atoms with Crippen LogP contribution in [0.3, 0.4) is 0 Å². The van der Waals surface area contributed by atoms with Gasteiger partial charge in [-0.15, -0.1) is 0 Å². The van der Waals surface area contributed by atoms with Gasteiger partial charge in [0.2, 0.25) is 0 Å². The molecule has 0 aliphatic heterocycles. The second-order valence-corrected chi connectivity index (χ2v) is 6.89. The summed E-state index contributed by atoms with van der Waals surface area (Å²) < 4.78 is 29.2. The summed E-state index contributed by atoms with van der Waals surface area (Å²) in [5, 5.41) is 4.44. The van der Waals surface area contributed by atoms with Crippen molar-refractivity contribution >= 4 is 27.3 Å². The Kier molecular flexibility index (Phi) is 4.27. The first kappa shape index (κ1) is 15.8. The number of aromatic nitrogens is 2. The Hall–Kier alpha value is -1.57. The number of nitrogens with two attached hydrogens (primary N) is 1. The Labute approximate surface area is 129 Å². The zero-order valence-corrected chi connectivity index (χ0v) is 13.6. The number of rotatable bonds is 4. The van der Waals surface area contributed by atoms with Gasteiger partial charge >= 0.3 is 0 Å². The van der Waals surface area contributed by atoms with Gasteiger partial charge in [0.15, 0.2) is 0 Å². The number of nitrogens with zero attached hydrogens (tertiary/aromatic N) is 2. The minimum Gasteiger partial charge on any atom is -0.326 e. The van der Waals surface area contributed by atoms with Crippen molar-refractivity contribution in [3.8, 4) is 0 Å². The molecule has 0 radical (unpaired) electrons. The molecule has 0 aliphatic carbocycles. The van der Waals surface area contributed by atoms with Gasteiger partial charge in [0.25, 0.3) is 10.0 Å². The Morgan fingerprint density at radius 2 is 2.05 bits per heavy atom. The van der Waals surface area contributed by atoms with Crippen LogP contribution in [0.2, 0.25) is 5.02 Å². The van der Waals surface area contributed by atoms with Crippen LogP contribution in [-0.2, 0) is 23.6 Å². The fraction of sp³-hybridized carbons (Fsp3) is 0.308.